The van der Waals surface area contributed by atoms with Crippen molar-refractivity contribution < 1.29 is 9.21 Å². The lowest BCUT2D eigenvalue weighted by Gasteiger charge is -2.05. The van der Waals surface area contributed by atoms with Gasteiger partial charge in [0.2, 0.25) is 0 Å². The minimum absolute atomic E-state index is 0.0917. The molecule has 0 aliphatic carbocycles. The number of nitrogens with zero attached hydrogens (tertiary/aromatic N) is 5. The standard InChI is InChI=1S/C18H14N6O2/c1-12-4-2-8-20-16(12)14-11-26-18(22-14)23-17(25)15-6-9-21-24(15)13-5-3-7-19-10-13/h2-11H,1H3,(H,22,23,25). The van der Waals surface area contributed by atoms with Crippen LogP contribution in [0.5, 0.6) is 0 Å². The fourth-order valence-electron chi connectivity index (χ4n) is 2.51. The number of amides is 1. The summed E-state index contributed by atoms with van der Waals surface area (Å²) >= 11 is 0. The molecule has 0 aromatic carbocycles. The molecular weight excluding hydrogens is 332 g/mol. The third-order valence-electron chi connectivity index (χ3n) is 3.74. The number of pyridine rings is 2. The van der Waals surface area contributed by atoms with E-state index in [9.17, 15) is 4.79 Å². The van der Waals surface area contributed by atoms with Crippen molar-refractivity contribution in [2.75, 3.05) is 5.32 Å². The molecule has 128 valence electrons. The van der Waals surface area contributed by atoms with Crippen molar-refractivity contribution in [2.24, 2.45) is 0 Å². The van der Waals surface area contributed by atoms with E-state index < -0.39 is 5.91 Å². The third-order valence-corrected chi connectivity index (χ3v) is 3.74. The van der Waals surface area contributed by atoms with Crippen LogP contribution in [0.4, 0.5) is 6.01 Å². The highest BCUT2D eigenvalue weighted by Gasteiger charge is 2.17. The highest BCUT2D eigenvalue weighted by molar-refractivity contribution is 6.02. The third kappa shape index (κ3) is 2.95. The predicted molar refractivity (Wildman–Crippen MR) is 93.8 cm³/mol. The largest absolute Gasteiger partial charge is 0.431 e. The van der Waals surface area contributed by atoms with Crippen molar-refractivity contribution in [3.05, 3.63) is 72.6 Å². The van der Waals surface area contributed by atoms with E-state index in [-0.39, 0.29) is 6.01 Å². The van der Waals surface area contributed by atoms with Gasteiger partial charge in [-0.25, -0.2) is 4.68 Å². The summed E-state index contributed by atoms with van der Waals surface area (Å²) < 4.78 is 6.86. The Morgan fingerprint density at radius 2 is 2.04 bits per heavy atom. The molecule has 4 aromatic rings. The van der Waals surface area contributed by atoms with Crippen molar-refractivity contribution in [3.63, 3.8) is 0 Å². The molecule has 1 N–H and O–H groups in total. The average molecular weight is 346 g/mol. The lowest BCUT2D eigenvalue weighted by molar-refractivity contribution is 0.101. The highest BCUT2D eigenvalue weighted by Crippen LogP contribution is 2.22. The number of carbonyl (C=O) groups is 1. The molecule has 0 radical (unpaired) electrons. The molecule has 0 unspecified atom stereocenters. The topological polar surface area (TPSA) is 98.7 Å². The van der Waals surface area contributed by atoms with E-state index in [2.05, 4.69) is 25.4 Å². The quantitative estimate of drug-likeness (QED) is 0.610. The van der Waals surface area contributed by atoms with Crippen molar-refractivity contribution in [3.8, 4) is 17.1 Å². The van der Waals surface area contributed by atoms with Gasteiger partial charge in [-0.15, -0.1) is 0 Å². The van der Waals surface area contributed by atoms with Gasteiger partial charge in [0, 0.05) is 12.4 Å². The number of aryl methyl sites for hydroxylation is 1. The summed E-state index contributed by atoms with van der Waals surface area (Å²) in [6, 6.07) is 9.06. The summed E-state index contributed by atoms with van der Waals surface area (Å²) in [5, 5.41) is 6.81. The van der Waals surface area contributed by atoms with E-state index in [1.54, 1.807) is 36.9 Å². The summed E-state index contributed by atoms with van der Waals surface area (Å²) in [7, 11) is 0. The number of aromatic nitrogens is 5. The molecule has 8 nitrogen and oxygen atoms in total. The first-order valence-electron chi connectivity index (χ1n) is 7.85. The van der Waals surface area contributed by atoms with Gasteiger partial charge in [0.05, 0.1) is 23.8 Å². The smallest absolute Gasteiger partial charge is 0.302 e. The molecule has 4 aromatic heterocycles. The first-order chi connectivity index (χ1) is 12.7. The molecule has 1 amide bonds. The Morgan fingerprint density at radius 1 is 1.15 bits per heavy atom. The van der Waals surface area contributed by atoms with Crippen molar-refractivity contribution in [1.82, 2.24) is 24.7 Å². The van der Waals surface area contributed by atoms with Gasteiger partial charge >= 0.3 is 6.01 Å². The molecule has 0 atom stereocenters. The number of oxazole rings is 1. The Morgan fingerprint density at radius 3 is 2.85 bits per heavy atom. The number of hydrogen-bond donors (Lipinski definition) is 1. The van der Waals surface area contributed by atoms with Gasteiger partial charge in [0.25, 0.3) is 5.91 Å². The zero-order valence-electron chi connectivity index (χ0n) is 13.8. The molecule has 0 bridgehead atoms. The molecule has 0 fully saturated rings. The molecule has 4 heterocycles. The van der Waals surface area contributed by atoms with Crippen LogP contribution >= 0.6 is 0 Å². The summed E-state index contributed by atoms with van der Waals surface area (Å²) in [4.78, 5) is 25.2. The van der Waals surface area contributed by atoms with Gasteiger partial charge in [-0.1, -0.05) is 6.07 Å². The van der Waals surface area contributed by atoms with Gasteiger partial charge < -0.3 is 4.42 Å². The van der Waals surface area contributed by atoms with Gasteiger partial charge in [-0.05, 0) is 36.8 Å². The maximum Gasteiger partial charge on any atom is 0.302 e. The van der Waals surface area contributed by atoms with E-state index in [1.165, 1.54) is 10.9 Å². The van der Waals surface area contributed by atoms with Gasteiger partial charge in [0.1, 0.15) is 17.7 Å². The summed E-state index contributed by atoms with van der Waals surface area (Å²) in [5.74, 6) is -0.391. The minimum Gasteiger partial charge on any atom is -0.431 e. The van der Waals surface area contributed by atoms with Crippen molar-refractivity contribution in [2.45, 2.75) is 6.92 Å². The van der Waals surface area contributed by atoms with Crippen LogP contribution in [0.2, 0.25) is 0 Å². The second-order valence-electron chi connectivity index (χ2n) is 5.50. The number of anilines is 1. The lowest BCUT2D eigenvalue weighted by atomic mass is 10.2. The summed E-state index contributed by atoms with van der Waals surface area (Å²) in [6.45, 7) is 1.93. The first-order valence-corrected chi connectivity index (χ1v) is 7.85. The van der Waals surface area contributed by atoms with E-state index in [0.29, 0.717) is 22.8 Å². The van der Waals surface area contributed by atoms with Crippen LogP contribution in [-0.2, 0) is 0 Å². The number of hydrogen-bond acceptors (Lipinski definition) is 6. The molecule has 0 aliphatic heterocycles. The SMILES string of the molecule is Cc1cccnc1-c1coc(NC(=O)c2ccnn2-c2cccnc2)n1. The van der Waals surface area contributed by atoms with Crippen LogP contribution in [0.15, 0.2) is 65.8 Å². The van der Waals surface area contributed by atoms with Crippen LogP contribution in [-0.4, -0.2) is 30.6 Å². The van der Waals surface area contributed by atoms with Crippen LogP contribution in [0.1, 0.15) is 16.1 Å². The summed E-state index contributed by atoms with van der Waals surface area (Å²) in [6.07, 6.45) is 7.96. The van der Waals surface area contributed by atoms with Gasteiger partial charge in [-0.3, -0.25) is 20.1 Å². The van der Waals surface area contributed by atoms with Crippen molar-refractivity contribution >= 4 is 11.9 Å². The van der Waals surface area contributed by atoms with Gasteiger partial charge in [0.15, 0.2) is 0 Å². The van der Waals surface area contributed by atoms with Crippen LogP contribution in [0.3, 0.4) is 0 Å². The van der Waals surface area contributed by atoms with Gasteiger partial charge in [-0.2, -0.15) is 10.1 Å². The Labute approximate surface area is 148 Å². The van der Waals surface area contributed by atoms with Crippen molar-refractivity contribution in [1.29, 1.82) is 0 Å². The number of rotatable bonds is 4. The molecule has 8 heteroatoms. The fraction of sp³-hybridized carbons (Fsp3) is 0.0556. The Balaban J connectivity index is 1.57. The fourth-order valence-corrected chi connectivity index (χ4v) is 2.51. The second-order valence-corrected chi connectivity index (χ2v) is 5.50. The molecule has 0 aliphatic rings. The molecular formula is C18H14N6O2. The molecule has 0 saturated carbocycles. The first kappa shape index (κ1) is 15.7. The number of nitrogens with one attached hydrogen (secondary N) is 1. The zero-order valence-corrected chi connectivity index (χ0v) is 13.8. The van der Waals surface area contributed by atoms with Crippen LogP contribution < -0.4 is 5.32 Å². The molecule has 0 spiro atoms. The summed E-state index contributed by atoms with van der Waals surface area (Å²) in [5.41, 5.74) is 3.25. The molecule has 26 heavy (non-hydrogen) atoms. The predicted octanol–water partition coefficient (Wildman–Crippen LogP) is 2.88. The Hall–Kier alpha value is -3.81. The normalized spacial score (nSPS) is 10.7. The maximum atomic E-state index is 12.6. The lowest BCUT2D eigenvalue weighted by Crippen LogP contribution is -2.17. The van der Waals surface area contributed by atoms with E-state index >= 15 is 0 Å². The maximum absolute atomic E-state index is 12.6. The molecule has 4 rings (SSSR count). The Bertz CT molecular complexity index is 1050. The Kier molecular flexibility index (Phi) is 3.98. The molecule has 0 saturated heterocycles. The zero-order chi connectivity index (χ0) is 17.9. The van der Waals surface area contributed by atoms with Crippen LogP contribution in [0, 0.1) is 6.92 Å². The average Bonchev–Trinajstić information content (AvgIpc) is 3.32. The minimum atomic E-state index is -0.391. The van der Waals surface area contributed by atoms with E-state index in [1.807, 2.05) is 25.1 Å². The van der Waals surface area contributed by atoms with Crippen LogP contribution in [0.25, 0.3) is 17.1 Å². The second kappa shape index (κ2) is 6.60. The number of carbonyl (C=O) groups excluding carboxylic acids is 1. The van der Waals surface area contributed by atoms with E-state index in [4.69, 9.17) is 4.42 Å². The van der Waals surface area contributed by atoms with E-state index in [0.717, 1.165) is 5.56 Å². The monoisotopic (exact) mass is 346 g/mol. The highest BCUT2D eigenvalue weighted by atomic mass is 16.4.